The van der Waals surface area contributed by atoms with E-state index in [-0.39, 0.29) is 11.9 Å². The van der Waals surface area contributed by atoms with Gasteiger partial charge in [-0.05, 0) is 45.2 Å². The Balaban J connectivity index is 1.87. The fourth-order valence-electron chi connectivity index (χ4n) is 2.52. The van der Waals surface area contributed by atoms with Crippen LogP contribution < -0.4 is 19.5 Å². The van der Waals surface area contributed by atoms with Crippen LogP contribution >= 0.6 is 0 Å². The van der Waals surface area contributed by atoms with E-state index in [9.17, 15) is 4.79 Å². The monoisotopic (exact) mass is 372 g/mol. The molecular formula is C21H28N2O4. The molecule has 0 aliphatic carbocycles. The average molecular weight is 372 g/mol. The summed E-state index contributed by atoms with van der Waals surface area (Å²) in [6.45, 7) is 5.37. The number of nitrogens with zero attached hydrogens (tertiary/aromatic N) is 1. The summed E-state index contributed by atoms with van der Waals surface area (Å²) in [7, 11) is 3.51. The number of likely N-dealkylation sites (N-methyl/N-ethyl adjacent to an activating group) is 1. The van der Waals surface area contributed by atoms with Gasteiger partial charge in [0.25, 0.3) is 0 Å². The SMILES string of the molecule is CCOc1ccccc1NC(=O)C(C)N(C)CCOc1ccccc1OC. The molecule has 0 spiro atoms. The van der Waals surface area contributed by atoms with Crippen molar-refractivity contribution in [2.24, 2.45) is 0 Å². The first-order chi connectivity index (χ1) is 13.1. The van der Waals surface area contributed by atoms with Crippen LogP contribution in [0.2, 0.25) is 0 Å². The molecule has 1 amide bonds. The van der Waals surface area contributed by atoms with Crippen molar-refractivity contribution in [1.29, 1.82) is 0 Å². The van der Waals surface area contributed by atoms with Gasteiger partial charge in [-0.3, -0.25) is 9.69 Å². The van der Waals surface area contributed by atoms with Gasteiger partial charge in [0.05, 0.1) is 25.4 Å². The minimum Gasteiger partial charge on any atom is -0.493 e. The van der Waals surface area contributed by atoms with Crippen LogP contribution in [0.25, 0.3) is 0 Å². The van der Waals surface area contributed by atoms with Gasteiger partial charge >= 0.3 is 0 Å². The topological polar surface area (TPSA) is 60.0 Å². The number of hydrogen-bond donors (Lipinski definition) is 1. The van der Waals surface area contributed by atoms with E-state index in [0.717, 1.165) is 0 Å². The van der Waals surface area contributed by atoms with E-state index in [0.29, 0.717) is 42.7 Å². The number of hydrogen-bond acceptors (Lipinski definition) is 5. The summed E-state index contributed by atoms with van der Waals surface area (Å²) in [6, 6.07) is 14.6. The number of amides is 1. The summed E-state index contributed by atoms with van der Waals surface area (Å²) in [5.41, 5.74) is 0.676. The first-order valence-corrected chi connectivity index (χ1v) is 9.05. The fourth-order valence-corrected chi connectivity index (χ4v) is 2.52. The zero-order valence-electron chi connectivity index (χ0n) is 16.4. The predicted octanol–water partition coefficient (Wildman–Crippen LogP) is 3.43. The van der Waals surface area contributed by atoms with Crippen LogP contribution in [0.5, 0.6) is 17.2 Å². The third-order valence-corrected chi connectivity index (χ3v) is 4.26. The highest BCUT2D eigenvalue weighted by atomic mass is 16.5. The van der Waals surface area contributed by atoms with Crippen molar-refractivity contribution in [3.63, 3.8) is 0 Å². The Bertz CT molecular complexity index is 736. The number of methoxy groups -OCH3 is 1. The Labute approximate surface area is 161 Å². The first-order valence-electron chi connectivity index (χ1n) is 9.05. The van der Waals surface area contributed by atoms with Crippen LogP contribution in [-0.4, -0.2) is 50.8 Å². The molecule has 6 heteroatoms. The lowest BCUT2D eigenvalue weighted by molar-refractivity contribution is -0.120. The van der Waals surface area contributed by atoms with Crippen molar-refractivity contribution in [2.75, 3.05) is 39.2 Å². The maximum absolute atomic E-state index is 12.6. The fraction of sp³-hybridized carbons (Fsp3) is 0.381. The number of rotatable bonds is 10. The van der Waals surface area contributed by atoms with Crippen LogP contribution in [0.3, 0.4) is 0 Å². The number of carbonyl (C=O) groups is 1. The molecule has 2 aromatic carbocycles. The number of para-hydroxylation sites is 4. The lowest BCUT2D eigenvalue weighted by Gasteiger charge is -2.24. The second-order valence-corrected chi connectivity index (χ2v) is 6.07. The molecule has 1 N–H and O–H groups in total. The standard InChI is InChI=1S/C21H28N2O4/c1-5-26-18-11-7-6-10-17(18)22-21(24)16(2)23(3)14-15-27-20-13-9-8-12-19(20)25-4/h6-13,16H,5,14-15H2,1-4H3,(H,22,24). The molecule has 0 aromatic heterocycles. The maximum Gasteiger partial charge on any atom is 0.241 e. The van der Waals surface area contributed by atoms with Gasteiger partial charge < -0.3 is 19.5 Å². The van der Waals surface area contributed by atoms with Gasteiger partial charge in [0.2, 0.25) is 5.91 Å². The second kappa shape index (κ2) is 10.4. The quantitative estimate of drug-likeness (QED) is 0.692. The largest absolute Gasteiger partial charge is 0.493 e. The summed E-state index contributed by atoms with van der Waals surface area (Å²) in [6.07, 6.45) is 0. The number of anilines is 1. The van der Waals surface area contributed by atoms with Gasteiger partial charge in [0, 0.05) is 6.54 Å². The molecule has 0 aliphatic rings. The molecule has 1 unspecified atom stereocenters. The molecule has 0 heterocycles. The third-order valence-electron chi connectivity index (χ3n) is 4.26. The van der Waals surface area contributed by atoms with Gasteiger partial charge in [0.15, 0.2) is 11.5 Å². The van der Waals surface area contributed by atoms with Gasteiger partial charge in [-0.15, -0.1) is 0 Å². The molecule has 0 bridgehead atoms. The maximum atomic E-state index is 12.6. The van der Waals surface area contributed by atoms with Crippen LogP contribution in [0.15, 0.2) is 48.5 Å². The van der Waals surface area contributed by atoms with E-state index in [1.54, 1.807) is 7.11 Å². The molecular weight excluding hydrogens is 344 g/mol. The highest BCUT2D eigenvalue weighted by Gasteiger charge is 2.19. The van der Waals surface area contributed by atoms with Gasteiger partial charge in [-0.1, -0.05) is 24.3 Å². The number of nitrogens with one attached hydrogen (secondary N) is 1. The van der Waals surface area contributed by atoms with Gasteiger partial charge in [-0.25, -0.2) is 0 Å². The second-order valence-electron chi connectivity index (χ2n) is 6.07. The normalized spacial score (nSPS) is 11.7. The van der Waals surface area contributed by atoms with E-state index >= 15 is 0 Å². The summed E-state index contributed by atoms with van der Waals surface area (Å²) in [4.78, 5) is 14.5. The number of carbonyl (C=O) groups excluding carboxylic acids is 1. The summed E-state index contributed by atoms with van der Waals surface area (Å²) in [5.74, 6) is 1.96. The van der Waals surface area contributed by atoms with E-state index in [1.807, 2.05) is 74.3 Å². The van der Waals surface area contributed by atoms with E-state index in [2.05, 4.69) is 5.32 Å². The van der Waals surface area contributed by atoms with E-state index in [4.69, 9.17) is 14.2 Å². The summed E-state index contributed by atoms with van der Waals surface area (Å²) >= 11 is 0. The Morgan fingerprint density at radius 2 is 1.67 bits per heavy atom. The van der Waals surface area contributed by atoms with Crippen molar-refractivity contribution in [3.05, 3.63) is 48.5 Å². The molecule has 0 saturated heterocycles. The molecule has 0 fully saturated rings. The first kappa shape index (κ1) is 20.6. The average Bonchev–Trinajstić information content (AvgIpc) is 2.69. The molecule has 1 atom stereocenters. The van der Waals surface area contributed by atoms with Crippen LogP contribution in [-0.2, 0) is 4.79 Å². The Morgan fingerprint density at radius 1 is 1.04 bits per heavy atom. The van der Waals surface area contributed by atoms with Crippen LogP contribution in [0.1, 0.15) is 13.8 Å². The van der Waals surface area contributed by atoms with Crippen LogP contribution in [0, 0.1) is 0 Å². The summed E-state index contributed by atoms with van der Waals surface area (Å²) < 4.78 is 16.6. The Kier molecular flexibility index (Phi) is 7.95. The lowest BCUT2D eigenvalue weighted by atomic mass is 10.2. The zero-order valence-corrected chi connectivity index (χ0v) is 16.4. The van der Waals surface area contributed by atoms with Crippen molar-refractivity contribution in [3.8, 4) is 17.2 Å². The smallest absolute Gasteiger partial charge is 0.241 e. The predicted molar refractivity (Wildman–Crippen MR) is 107 cm³/mol. The van der Waals surface area contributed by atoms with Crippen molar-refractivity contribution < 1.29 is 19.0 Å². The molecule has 6 nitrogen and oxygen atoms in total. The van der Waals surface area contributed by atoms with E-state index in [1.165, 1.54) is 0 Å². The zero-order chi connectivity index (χ0) is 19.6. The van der Waals surface area contributed by atoms with Crippen LogP contribution in [0.4, 0.5) is 5.69 Å². The molecule has 2 rings (SSSR count). The molecule has 2 aromatic rings. The minimum atomic E-state index is -0.319. The lowest BCUT2D eigenvalue weighted by Crippen LogP contribution is -2.41. The van der Waals surface area contributed by atoms with Crippen molar-refractivity contribution in [2.45, 2.75) is 19.9 Å². The minimum absolute atomic E-state index is 0.0954. The van der Waals surface area contributed by atoms with Crippen molar-refractivity contribution in [1.82, 2.24) is 4.90 Å². The highest BCUT2D eigenvalue weighted by Crippen LogP contribution is 2.26. The molecule has 0 radical (unpaired) electrons. The van der Waals surface area contributed by atoms with Gasteiger partial charge in [-0.2, -0.15) is 0 Å². The van der Waals surface area contributed by atoms with E-state index < -0.39 is 0 Å². The van der Waals surface area contributed by atoms with Gasteiger partial charge in [0.1, 0.15) is 12.4 Å². The summed E-state index contributed by atoms with van der Waals surface area (Å²) in [5, 5.41) is 2.94. The molecule has 0 saturated carbocycles. The molecule has 0 aliphatic heterocycles. The number of benzene rings is 2. The Morgan fingerprint density at radius 3 is 2.33 bits per heavy atom. The number of ether oxygens (including phenoxy) is 3. The molecule has 146 valence electrons. The van der Waals surface area contributed by atoms with Crippen molar-refractivity contribution >= 4 is 11.6 Å². The molecule has 27 heavy (non-hydrogen) atoms. The highest BCUT2D eigenvalue weighted by molar-refractivity contribution is 5.95. The third kappa shape index (κ3) is 5.89. The Hall–Kier alpha value is -2.73.